The van der Waals surface area contributed by atoms with Gasteiger partial charge in [-0.05, 0) is 0 Å². The number of hydrogen-bond acceptors (Lipinski definition) is 6. The van der Waals surface area contributed by atoms with Gasteiger partial charge in [0.15, 0.2) is 9.88 Å². The first-order chi connectivity index (χ1) is 7.66. The molecule has 10 nitrogen and oxygen atoms in total. The topological polar surface area (TPSA) is 167 Å². The summed E-state index contributed by atoms with van der Waals surface area (Å²) in [6.07, 6.45) is 0. The fraction of sp³-hybridized carbons (Fsp3) is 0.200. The van der Waals surface area contributed by atoms with E-state index in [1.807, 2.05) is 22.6 Å². The summed E-state index contributed by atoms with van der Waals surface area (Å²) < 4.78 is 32.2. The van der Waals surface area contributed by atoms with Crippen LogP contribution in [0.1, 0.15) is 0 Å². The Bertz CT molecular complexity index is 529. The molecule has 12 heteroatoms. The molecule has 0 aromatic carbocycles. The third kappa shape index (κ3) is 4.72. The number of hydrogen-bond donors (Lipinski definition) is 4. The first-order valence-electron chi connectivity index (χ1n) is 3.83. The van der Waals surface area contributed by atoms with E-state index in [2.05, 4.69) is 20.3 Å². The minimum absolute atomic E-state index is 0.198. The average Bonchev–Trinajstić information content (AvgIpc) is 2.42. The van der Waals surface area contributed by atoms with Crippen molar-refractivity contribution >= 4 is 54.5 Å². The van der Waals surface area contributed by atoms with E-state index in [0.717, 1.165) is 0 Å². The summed E-state index contributed by atoms with van der Waals surface area (Å²) in [5.74, 6) is 0.668. The van der Waals surface area contributed by atoms with Crippen LogP contribution in [-0.2, 0) is 10.4 Å². The van der Waals surface area contributed by atoms with Crippen LogP contribution in [-0.4, -0.2) is 45.1 Å². The van der Waals surface area contributed by atoms with Crippen molar-refractivity contribution < 1.29 is 22.3 Å². The minimum Gasteiger partial charge on any atom is -0.385 e. The molecule has 0 aliphatic carbocycles. The number of aliphatic imine (C=N–C) groups is 3. The normalized spacial score (nSPS) is 22.4. The van der Waals surface area contributed by atoms with Crippen molar-refractivity contribution in [1.82, 2.24) is 5.32 Å². The summed E-state index contributed by atoms with van der Waals surface area (Å²) in [5, 5.41) is 2.46. The summed E-state index contributed by atoms with van der Waals surface area (Å²) in [4.78, 5) is 22.3. The van der Waals surface area contributed by atoms with Crippen LogP contribution in [0.2, 0.25) is 0 Å². The van der Waals surface area contributed by atoms with Gasteiger partial charge in [0.05, 0.1) is 0 Å². The largest absolute Gasteiger partial charge is 0.394 e. The SMILES string of the molecule is NC1=NC(=O)NC2=NC(I)=NC12.O=S(=O)(O)O. The monoisotopic (exact) mass is 375 g/mol. The molecule has 2 aliphatic rings. The molecule has 94 valence electrons. The van der Waals surface area contributed by atoms with Crippen LogP contribution in [0.15, 0.2) is 15.0 Å². The molecule has 0 radical (unpaired) electrons. The number of rotatable bonds is 0. The standard InChI is InChI=1S/C5H4IN5O.H2O4S/c6-4-8-1-2(7)9-5(12)11-3(1)10-4;1-5(2,3)4/h1H,(H3,7,8,9,10,11,12);(H2,1,2,3,4). The predicted molar refractivity (Wildman–Crippen MR) is 67.0 cm³/mol. The molecular weight excluding hydrogens is 369 g/mol. The van der Waals surface area contributed by atoms with Crippen LogP contribution in [0.3, 0.4) is 0 Å². The molecule has 0 aromatic heterocycles. The van der Waals surface area contributed by atoms with Gasteiger partial charge < -0.3 is 5.73 Å². The molecule has 0 saturated heterocycles. The molecule has 2 aliphatic heterocycles. The van der Waals surface area contributed by atoms with Crippen molar-refractivity contribution in [3.63, 3.8) is 0 Å². The van der Waals surface area contributed by atoms with Crippen LogP contribution in [0.25, 0.3) is 0 Å². The zero-order valence-electron chi connectivity index (χ0n) is 7.90. The van der Waals surface area contributed by atoms with Crippen molar-refractivity contribution in [2.45, 2.75) is 6.04 Å². The highest BCUT2D eigenvalue weighted by atomic mass is 127. The second-order valence-electron chi connectivity index (χ2n) is 2.71. The van der Waals surface area contributed by atoms with Crippen LogP contribution in [0, 0.1) is 0 Å². The van der Waals surface area contributed by atoms with Gasteiger partial charge in [-0.1, -0.05) is 0 Å². The fourth-order valence-electron chi connectivity index (χ4n) is 0.976. The molecule has 2 rings (SSSR count). The lowest BCUT2D eigenvalue weighted by molar-refractivity contribution is 0.252. The molecule has 2 amide bonds. The first-order valence-corrected chi connectivity index (χ1v) is 6.31. The molecule has 1 atom stereocenters. The lowest BCUT2D eigenvalue weighted by atomic mass is 10.2. The minimum atomic E-state index is -4.67. The highest BCUT2D eigenvalue weighted by molar-refractivity contribution is 14.1. The summed E-state index contributed by atoms with van der Waals surface area (Å²) in [6, 6.07) is -0.863. The maximum absolute atomic E-state index is 10.8. The van der Waals surface area contributed by atoms with E-state index in [1.165, 1.54) is 0 Å². The van der Waals surface area contributed by atoms with E-state index in [1.54, 1.807) is 0 Å². The van der Waals surface area contributed by atoms with Crippen LogP contribution in [0.4, 0.5) is 4.79 Å². The summed E-state index contributed by atoms with van der Waals surface area (Å²) >= 11 is 1.95. The Morgan fingerprint density at radius 1 is 1.35 bits per heavy atom. The van der Waals surface area contributed by atoms with E-state index in [-0.39, 0.29) is 11.9 Å². The van der Waals surface area contributed by atoms with Gasteiger partial charge in [-0.15, -0.1) is 0 Å². The van der Waals surface area contributed by atoms with Gasteiger partial charge in [0.2, 0.25) is 0 Å². The van der Waals surface area contributed by atoms with Crippen LogP contribution < -0.4 is 11.1 Å². The number of amidine groups is 3. The molecule has 0 fully saturated rings. The molecule has 0 aromatic rings. The Morgan fingerprint density at radius 2 is 1.88 bits per heavy atom. The zero-order chi connectivity index (χ0) is 13.2. The number of nitrogens with zero attached hydrogens (tertiary/aromatic N) is 3. The Labute approximate surface area is 109 Å². The summed E-state index contributed by atoms with van der Waals surface area (Å²) in [7, 11) is -4.67. The Balaban J connectivity index is 0.000000249. The highest BCUT2D eigenvalue weighted by Gasteiger charge is 2.30. The first kappa shape index (κ1) is 13.9. The molecule has 2 heterocycles. The number of nitrogens with one attached hydrogen (secondary N) is 1. The predicted octanol–water partition coefficient (Wildman–Crippen LogP) is -1.01. The number of carbonyl (C=O) groups excluding carboxylic acids is 1. The molecule has 0 bridgehead atoms. The van der Waals surface area contributed by atoms with Crippen LogP contribution >= 0.6 is 22.6 Å². The number of halogens is 1. The Hall–Kier alpha value is -1.12. The highest BCUT2D eigenvalue weighted by Crippen LogP contribution is 2.11. The maximum atomic E-state index is 10.8. The lowest BCUT2D eigenvalue weighted by Crippen LogP contribution is -2.47. The Morgan fingerprint density at radius 3 is 2.41 bits per heavy atom. The Kier molecular flexibility index (Phi) is 4.12. The number of carbonyl (C=O) groups is 1. The van der Waals surface area contributed by atoms with Gasteiger partial charge in [-0.25, -0.2) is 14.8 Å². The van der Waals surface area contributed by atoms with Gasteiger partial charge in [0.1, 0.15) is 11.7 Å². The molecular formula is C5H6IN5O5S. The zero-order valence-corrected chi connectivity index (χ0v) is 10.9. The summed E-state index contributed by atoms with van der Waals surface area (Å²) in [5.41, 5.74) is 5.47. The van der Waals surface area contributed by atoms with Gasteiger partial charge >= 0.3 is 16.4 Å². The lowest BCUT2D eigenvalue weighted by Gasteiger charge is -2.14. The van der Waals surface area contributed by atoms with Crippen molar-refractivity contribution in [1.29, 1.82) is 0 Å². The van der Waals surface area contributed by atoms with Gasteiger partial charge in [0.25, 0.3) is 0 Å². The van der Waals surface area contributed by atoms with E-state index >= 15 is 0 Å². The second-order valence-corrected chi connectivity index (χ2v) is 4.57. The molecule has 1 unspecified atom stereocenters. The van der Waals surface area contributed by atoms with Crippen molar-refractivity contribution in [2.75, 3.05) is 0 Å². The molecule has 5 N–H and O–H groups in total. The van der Waals surface area contributed by atoms with E-state index < -0.39 is 16.4 Å². The van der Waals surface area contributed by atoms with E-state index in [9.17, 15) is 4.79 Å². The fourth-order valence-corrected chi connectivity index (χ4v) is 1.51. The number of fused-ring (bicyclic) bond motifs is 1. The van der Waals surface area contributed by atoms with Gasteiger partial charge in [-0.3, -0.25) is 14.4 Å². The van der Waals surface area contributed by atoms with Crippen molar-refractivity contribution in [3.05, 3.63) is 0 Å². The third-order valence-corrected chi connectivity index (χ3v) is 1.97. The van der Waals surface area contributed by atoms with Crippen molar-refractivity contribution in [2.24, 2.45) is 20.7 Å². The average molecular weight is 375 g/mol. The quantitative estimate of drug-likeness (QED) is 0.240. The molecule has 17 heavy (non-hydrogen) atoms. The molecule has 0 spiro atoms. The van der Waals surface area contributed by atoms with Crippen molar-refractivity contribution in [3.8, 4) is 0 Å². The second kappa shape index (κ2) is 5.03. The number of amides is 2. The number of nitrogens with two attached hydrogens (primary N) is 1. The number of urea groups is 1. The van der Waals surface area contributed by atoms with Crippen LogP contribution in [0.5, 0.6) is 0 Å². The third-order valence-electron chi connectivity index (χ3n) is 1.45. The van der Waals surface area contributed by atoms with E-state index in [0.29, 0.717) is 9.68 Å². The van der Waals surface area contributed by atoms with Gasteiger partial charge in [-0.2, -0.15) is 13.4 Å². The van der Waals surface area contributed by atoms with E-state index in [4.69, 9.17) is 23.3 Å². The maximum Gasteiger partial charge on any atom is 0.394 e. The smallest absolute Gasteiger partial charge is 0.385 e. The molecule has 0 saturated carbocycles. The summed E-state index contributed by atoms with van der Waals surface area (Å²) in [6.45, 7) is 0. The van der Waals surface area contributed by atoms with Gasteiger partial charge in [0, 0.05) is 22.6 Å².